The molecule has 0 spiro atoms. The minimum absolute atomic E-state index is 0.279. The van der Waals surface area contributed by atoms with Crippen molar-refractivity contribution in [2.75, 3.05) is 26.2 Å². The van der Waals surface area contributed by atoms with Crippen molar-refractivity contribution in [1.29, 1.82) is 0 Å². The molecule has 5 nitrogen and oxygen atoms in total. The van der Waals surface area contributed by atoms with Gasteiger partial charge in [-0.3, -0.25) is 14.9 Å². The van der Waals surface area contributed by atoms with Crippen LogP contribution in [0, 0.1) is 13.8 Å². The zero-order chi connectivity index (χ0) is 19.5. The molecular weight excluding hydrogens is 348 g/mol. The van der Waals surface area contributed by atoms with Crippen molar-refractivity contribution in [3.05, 3.63) is 41.1 Å². The highest BCUT2D eigenvalue weighted by Gasteiger charge is 2.33. The number of hydrogen-bond donors (Lipinski definition) is 2. The lowest BCUT2D eigenvalue weighted by atomic mass is 9.99. The number of rotatable bonds is 6. The molecular formula is C23H34N4O. The molecule has 1 atom stereocenters. The summed E-state index contributed by atoms with van der Waals surface area (Å²) in [5.41, 5.74) is 6.22. The molecule has 28 heavy (non-hydrogen) atoms. The lowest BCUT2D eigenvalue weighted by Gasteiger charge is -2.44. The topological polar surface area (TPSA) is 55.4 Å². The molecule has 1 saturated heterocycles. The summed E-state index contributed by atoms with van der Waals surface area (Å²) in [5.74, 6) is 0. The number of aromatic nitrogens is 2. The van der Waals surface area contributed by atoms with Gasteiger partial charge in [0.05, 0.1) is 11.9 Å². The van der Waals surface area contributed by atoms with E-state index in [9.17, 15) is 5.11 Å². The molecule has 2 aliphatic rings. The molecule has 2 aromatic rings. The summed E-state index contributed by atoms with van der Waals surface area (Å²) >= 11 is 0. The zero-order valence-corrected chi connectivity index (χ0v) is 17.3. The Hall–Kier alpha value is -1.69. The van der Waals surface area contributed by atoms with Crippen LogP contribution >= 0.6 is 0 Å². The predicted molar refractivity (Wildman–Crippen MR) is 113 cm³/mol. The van der Waals surface area contributed by atoms with Crippen LogP contribution in [0.1, 0.15) is 48.8 Å². The molecule has 1 aromatic carbocycles. The van der Waals surface area contributed by atoms with Crippen LogP contribution in [0.2, 0.25) is 0 Å². The number of aryl methyl sites for hydroxylation is 2. The molecule has 4 rings (SSSR count). The van der Waals surface area contributed by atoms with E-state index in [1.165, 1.54) is 47.9 Å². The lowest BCUT2D eigenvalue weighted by molar-refractivity contribution is 0.0268. The largest absolute Gasteiger partial charge is 0.396 e. The quantitative estimate of drug-likeness (QED) is 0.803. The number of H-pyrrole nitrogens is 1. The van der Waals surface area contributed by atoms with E-state index in [2.05, 4.69) is 52.0 Å². The summed E-state index contributed by atoms with van der Waals surface area (Å²) in [4.78, 5) is 5.24. The van der Waals surface area contributed by atoms with Crippen LogP contribution in [-0.4, -0.2) is 63.4 Å². The second kappa shape index (κ2) is 8.76. The zero-order valence-electron chi connectivity index (χ0n) is 17.3. The summed E-state index contributed by atoms with van der Waals surface area (Å²) in [6.45, 7) is 8.74. The van der Waals surface area contributed by atoms with Gasteiger partial charge >= 0.3 is 0 Å². The third-order valence-corrected chi connectivity index (χ3v) is 6.64. The molecule has 1 aromatic heterocycles. The Balaban J connectivity index is 1.48. The molecule has 152 valence electrons. The fraction of sp³-hybridized carbons (Fsp3) is 0.609. The Morgan fingerprint density at radius 2 is 2.00 bits per heavy atom. The third kappa shape index (κ3) is 4.17. The van der Waals surface area contributed by atoms with Gasteiger partial charge in [-0.05, 0) is 44.7 Å². The monoisotopic (exact) mass is 382 g/mol. The average Bonchev–Trinajstić information content (AvgIpc) is 3.36. The van der Waals surface area contributed by atoms with E-state index in [4.69, 9.17) is 0 Å². The average molecular weight is 383 g/mol. The van der Waals surface area contributed by atoms with E-state index >= 15 is 0 Å². The van der Waals surface area contributed by atoms with E-state index in [0.29, 0.717) is 6.04 Å². The first-order chi connectivity index (χ1) is 13.7. The second-order valence-corrected chi connectivity index (χ2v) is 8.67. The lowest BCUT2D eigenvalue weighted by Crippen LogP contribution is -2.56. The van der Waals surface area contributed by atoms with Crippen LogP contribution in [0.3, 0.4) is 0 Å². The maximum Gasteiger partial charge on any atom is 0.0698 e. The summed E-state index contributed by atoms with van der Waals surface area (Å²) < 4.78 is 0. The third-order valence-electron chi connectivity index (χ3n) is 6.64. The first kappa shape index (κ1) is 19.6. The fourth-order valence-corrected chi connectivity index (χ4v) is 5.11. The molecule has 2 fully saturated rings. The van der Waals surface area contributed by atoms with Gasteiger partial charge in [-0.1, -0.05) is 30.5 Å². The number of piperazine rings is 1. The van der Waals surface area contributed by atoms with Gasteiger partial charge in [0.1, 0.15) is 0 Å². The first-order valence-corrected chi connectivity index (χ1v) is 10.8. The molecule has 2 N–H and O–H groups in total. The molecule has 1 aliphatic heterocycles. The summed E-state index contributed by atoms with van der Waals surface area (Å²) in [6, 6.07) is 7.80. The van der Waals surface area contributed by atoms with E-state index in [0.717, 1.165) is 44.3 Å². The standard InChI is InChI=1S/C23H34N4O/c1-17-7-8-18(2)22(13-17)23-19(14-24-25-23)15-26-10-11-27(20-5-3-4-6-20)21(16-26)9-12-28/h7-8,13-14,20-21,28H,3-6,9-12,15-16H2,1-2H3,(H,24,25)/t21-/m0/s1. The Morgan fingerprint density at radius 1 is 1.18 bits per heavy atom. The van der Waals surface area contributed by atoms with Gasteiger partial charge in [0, 0.05) is 56.0 Å². The first-order valence-electron chi connectivity index (χ1n) is 10.8. The van der Waals surface area contributed by atoms with E-state index < -0.39 is 0 Å². The SMILES string of the molecule is Cc1ccc(C)c(-c2[nH]ncc2CN2CCN(C3CCCC3)[C@@H](CCO)C2)c1. The molecule has 0 amide bonds. The maximum atomic E-state index is 9.61. The molecule has 0 radical (unpaired) electrons. The van der Waals surface area contributed by atoms with Crippen molar-refractivity contribution in [3.8, 4) is 11.3 Å². The fourth-order valence-electron chi connectivity index (χ4n) is 5.11. The molecule has 0 bridgehead atoms. The minimum Gasteiger partial charge on any atom is -0.396 e. The number of aliphatic hydroxyl groups is 1. The van der Waals surface area contributed by atoms with Gasteiger partial charge < -0.3 is 5.11 Å². The number of benzene rings is 1. The van der Waals surface area contributed by atoms with Crippen LogP contribution in [0.4, 0.5) is 0 Å². The second-order valence-electron chi connectivity index (χ2n) is 8.67. The molecule has 2 heterocycles. The molecule has 5 heteroatoms. The Bertz CT molecular complexity index is 781. The number of nitrogens with one attached hydrogen (secondary N) is 1. The van der Waals surface area contributed by atoms with Gasteiger partial charge in [-0.25, -0.2) is 0 Å². The van der Waals surface area contributed by atoms with E-state index in [1.54, 1.807) is 0 Å². The van der Waals surface area contributed by atoms with Crippen molar-refractivity contribution in [1.82, 2.24) is 20.0 Å². The van der Waals surface area contributed by atoms with Crippen molar-refractivity contribution in [2.45, 2.75) is 64.6 Å². The van der Waals surface area contributed by atoms with Crippen molar-refractivity contribution in [2.24, 2.45) is 0 Å². The van der Waals surface area contributed by atoms with E-state index in [1.807, 2.05) is 6.20 Å². The summed E-state index contributed by atoms with van der Waals surface area (Å²) in [7, 11) is 0. The Kier molecular flexibility index (Phi) is 6.14. The van der Waals surface area contributed by atoms with E-state index in [-0.39, 0.29) is 6.61 Å². The number of hydrogen-bond acceptors (Lipinski definition) is 4. The van der Waals surface area contributed by atoms with Crippen molar-refractivity contribution < 1.29 is 5.11 Å². The van der Waals surface area contributed by atoms with Crippen LogP contribution in [0.25, 0.3) is 11.3 Å². The molecule has 0 unspecified atom stereocenters. The van der Waals surface area contributed by atoms with Gasteiger partial charge in [0.15, 0.2) is 0 Å². The Labute approximate surface area is 168 Å². The molecule has 1 aliphatic carbocycles. The highest BCUT2D eigenvalue weighted by Crippen LogP contribution is 2.30. The van der Waals surface area contributed by atoms with Crippen LogP contribution < -0.4 is 0 Å². The predicted octanol–water partition coefficient (Wildman–Crippen LogP) is 3.50. The van der Waals surface area contributed by atoms with Gasteiger partial charge in [-0.2, -0.15) is 5.10 Å². The summed E-state index contributed by atoms with van der Waals surface area (Å²) in [5, 5.41) is 17.2. The summed E-state index contributed by atoms with van der Waals surface area (Å²) in [6.07, 6.45) is 8.26. The number of nitrogens with zero attached hydrogens (tertiary/aromatic N) is 3. The van der Waals surface area contributed by atoms with Crippen LogP contribution in [-0.2, 0) is 6.54 Å². The molecule has 1 saturated carbocycles. The van der Waals surface area contributed by atoms with Crippen LogP contribution in [0.5, 0.6) is 0 Å². The number of aromatic amines is 1. The van der Waals surface area contributed by atoms with Gasteiger partial charge in [0.2, 0.25) is 0 Å². The number of aliphatic hydroxyl groups excluding tert-OH is 1. The maximum absolute atomic E-state index is 9.61. The minimum atomic E-state index is 0.279. The van der Waals surface area contributed by atoms with Gasteiger partial charge in [-0.15, -0.1) is 0 Å². The highest BCUT2D eigenvalue weighted by molar-refractivity contribution is 5.67. The normalized spacial score (nSPS) is 22.2. The Morgan fingerprint density at radius 3 is 2.79 bits per heavy atom. The van der Waals surface area contributed by atoms with Crippen molar-refractivity contribution >= 4 is 0 Å². The highest BCUT2D eigenvalue weighted by atomic mass is 16.3. The smallest absolute Gasteiger partial charge is 0.0698 e. The van der Waals surface area contributed by atoms with Gasteiger partial charge in [0.25, 0.3) is 0 Å². The van der Waals surface area contributed by atoms with Crippen molar-refractivity contribution in [3.63, 3.8) is 0 Å². The van der Waals surface area contributed by atoms with Crippen LogP contribution in [0.15, 0.2) is 24.4 Å².